The second-order valence-corrected chi connectivity index (χ2v) is 6.27. The van der Waals surface area contributed by atoms with Crippen LogP contribution in [0.4, 0.5) is 0 Å². The van der Waals surface area contributed by atoms with Crippen LogP contribution < -0.4 is 18.9 Å². The fourth-order valence-corrected chi connectivity index (χ4v) is 2.97. The standard InChI is InChI=1S/C22H30O6/c1-5-9-10-11-18(23)28-20-16-13-12-15(25-6-2)14-17(16)19(24)21(26-7-3)22(20)27-8-4/h12-14,24H,5-11H2,1-4H3. The lowest BCUT2D eigenvalue weighted by molar-refractivity contribution is -0.134. The maximum Gasteiger partial charge on any atom is 0.311 e. The van der Waals surface area contributed by atoms with Crippen LogP contribution in [0.5, 0.6) is 28.7 Å². The molecule has 0 radical (unpaired) electrons. The Morgan fingerprint density at radius 2 is 1.54 bits per heavy atom. The maximum atomic E-state index is 12.4. The normalized spacial score (nSPS) is 10.7. The number of unbranched alkanes of at least 4 members (excludes halogenated alkanes) is 2. The van der Waals surface area contributed by atoms with Crippen molar-refractivity contribution in [2.45, 2.75) is 53.4 Å². The molecule has 2 aromatic carbocycles. The minimum absolute atomic E-state index is 0.0624. The zero-order chi connectivity index (χ0) is 20.5. The minimum atomic E-state index is -0.335. The van der Waals surface area contributed by atoms with Gasteiger partial charge in [-0.05, 0) is 45.4 Å². The number of aromatic hydroxyl groups is 1. The van der Waals surface area contributed by atoms with Crippen LogP contribution in [0, 0.1) is 0 Å². The van der Waals surface area contributed by atoms with Crippen molar-refractivity contribution in [3.63, 3.8) is 0 Å². The Labute approximate surface area is 166 Å². The molecule has 6 heteroatoms. The molecule has 0 saturated carbocycles. The molecule has 0 saturated heterocycles. The predicted octanol–water partition coefficient (Wildman–Crippen LogP) is 5.23. The van der Waals surface area contributed by atoms with Gasteiger partial charge in [0.25, 0.3) is 0 Å². The largest absolute Gasteiger partial charge is 0.504 e. The smallest absolute Gasteiger partial charge is 0.311 e. The zero-order valence-electron chi connectivity index (χ0n) is 17.2. The van der Waals surface area contributed by atoms with E-state index in [0.29, 0.717) is 42.8 Å². The number of carbonyl (C=O) groups excluding carboxylic acids is 1. The summed E-state index contributed by atoms with van der Waals surface area (Å²) in [7, 11) is 0. The number of fused-ring (bicyclic) bond motifs is 1. The van der Waals surface area contributed by atoms with Gasteiger partial charge in [0.05, 0.1) is 19.8 Å². The molecule has 0 bridgehead atoms. The molecule has 0 unspecified atom stereocenters. The molecule has 28 heavy (non-hydrogen) atoms. The molecule has 0 fully saturated rings. The summed E-state index contributed by atoms with van der Waals surface area (Å²) >= 11 is 0. The Morgan fingerprint density at radius 1 is 0.857 bits per heavy atom. The van der Waals surface area contributed by atoms with Crippen LogP contribution >= 0.6 is 0 Å². The minimum Gasteiger partial charge on any atom is -0.504 e. The first-order chi connectivity index (χ1) is 13.6. The fraction of sp³-hybridized carbons (Fsp3) is 0.500. The van der Waals surface area contributed by atoms with Gasteiger partial charge in [-0.15, -0.1) is 0 Å². The first-order valence-electron chi connectivity index (χ1n) is 9.98. The van der Waals surface area contributed by atoms with E-state index in [-0.39, 0.29) is 29.0 Å². The van der Waals surface area contributed by atoms with Gasteiger partial charge in [-0.1, -0.05) is 19.8 Å². The van der Waals surface area contributed by atoms with Crippen LogP contribution in [-0.4, -0.2) is 30.9 Å². The second kappa shape index (κ2) is 10.6. The Morgan fingerprint density at radius 3 is 2.18 bits per heavy atom. The van der Waals surface area contributed by atoms with Crippen LogP contribution in [-0.2, 0) is 4.79 Å². The predicted molar refractivity (Wildman–Crippen MR) is 109 cm³/mol. The summed E-state index contributed by atoms with van der Waals surface area (Å²) in [6, 6.07) is 5.24. The lowest BCUT2D eigenvalue weighted by Gasteiger charge is -2.19. The van der Waals surface area contributed by atoms with Gasteiger partial charge in [-0.25, -0.2) is 0 Å². The highest BCUT2D eigenvalue weighted by atomic mass is 16.6. The highest BCUT2D eigenvalue weighted by Gasteiger charge is 2.25. The van der Waals surface area contributed by atoms with E-state index in [4.69, 9.17) is 18.9 Å². The molecule has 0 aromatic heterocycles. The van der Waals surface area contributed by atoms with E-state index in [1.54, 1.807) is 18.2 Å². The molecule has 2 aromatic rings. The van der Waals surface area contributed by atoms with Crippen molar-refractivity contribution in [1.29, 1.82) is 0 Å². The van der Waals surface area contributed by atoms with Gasteiger partial charge < -0.3 is 24.1 Å². The third-order valence-electron chi connectivity index (χ3n) is 4.21. The van der Waals surface area contributed by atoms with Gasteiger partial charge in [0.1, 0.15) is 5.75 Å². The molecule has 0 heterocycles. The highest BCUT2D eigenvalue weighted by Crippen LogP contribution is 2.51. The lowest BCUT2D eigenvalue weighted by Crippen LogP contribution is -2.10. The number of carbonyl (C=O) groups is 1. The first kappa shape index (κ1) is 21.7. The Balaban J connectivity index is 2.60. The van der Waals surface area contributed by atoms with Gasteiger partial charge in [0.2, 0.25) is 11.5 Å². The molecule has 2 rings (SSSR count). The zero-order valence-corrected chi connectivity index (χ0v) is 17.2. The van der Waals surface area contributed by atoms with E-state index in [1.807, 2.05) is 20.8 Å². The van der Waals surface area contributed by atoms with Gasteiger partial charge >= 0.3 is 5.97 Å². The number of ether oxygens (including phenoxy) is 4. The summed E-state index contributed by atoms with van der Waals surface area (Å²) in [6.45, 7) is 8.76. The van der Waals surface area contributed by atoms with Crippen LogP contribution in [0.3, 0.4) is 0 Å². The van der Waals surface area contributed by atoms with E-state index in [1.165, 1.54) is 0 Å². The third-order valence-corrected chi connectivity index (χ3v) is 4.21. The van der Waals surface area contributed by atoms with Gasteiger partial charge in [0.15, 0.2) is 11.5 Å². The Hall–Kier alpha value is -2.63. The van der Waals surface area contributed by atoms with Crippen molar-refractivity contribution < 1.29 is 28.8 Å². The van der Waals surface area contributed by atoms with E-state index in [2.05, 4.69) is 6.92 Å². The van der Waals surface area contributed by atoms with Crippen LogP contribution in [0.2, 0.25) is 0 Å². The molecule has 0 aliphatic carbocycles. The maximum absolute atomic E-state index is 12.4. The Kier molecular flexibility index (Phi) is 8.23. The summed E-state index contributed by atoms with van der Waals surface area (Å²) in [4.78, 5) is 12.4. The van der Waals surface area contributed by atoms with Gasteiger partial charge in [0, 0.05) is 17.2 Å². The highest BCUT2D eigenvalue weighted by molar-refractivity contribution is 6.00. The quantitative estimate of drug-likeness (QED) is 0.322. The number of phenols is 1. The van der Waals surface area contributed by atoms with E-state index < -0.39 is 0 Å². The summed E-state index contributed by atoms with van der Waals surface area (Å²) in [5, 5.41) is 11.9. The van der Waals surface area contributed by atoms with Crippen molar-refractivity contribution in [2.24, 2.45) is 0 Å². The van der Waals surface area contributed by atoms with E-state index in [0.717, 1.165) is 19.3 Å². The van der Waals surface area contributed by atoms with E-state index in [9.17, 15) is 9.90 Å². The molecular weight excluding hydrogens is 360 g/mol. The molecule has 6 nitrogen and oxygen atoms in total. The van der Waals surface area contributed by atoms with Crippen molar-refractivity contribution >= 4 is 16.7 Å². The number of rotatable bonds is 11. The average molecular weight is 390 g/mol. The molecule has 0 amide bonds. The lowest BCUT2D eigenvalue weighted by atomic mass is 10.1. The second-order valence-electron chi connectivity index (χ2n) is 6.27. The molecule has 0 spiro atoms. The molecule has 0 aliphatic heterocycles. The summed E-state index contributed by atoms with van der Waals surface area (Å²) < 4.78 is 22.6. The third kappa shape index (κ3) is 5.00. The van der Waals surface area contributed by atoms with Crippen molar-refractivity contribution in [3.05, 3.63) is 18.2 Å². The summed E-state index contributed by atoms with van der Waals surface area (Å²) in [5.41, 5.74) is 0. The Bertz CT molecular complexity index is 799. The van der Waals surface area contributed by atoms with Crippen LogP contribution in [0.1, 0.15) is 53.4 Å². The number of benzene rings is 2. The van der Waals surface area contributed by atoms with Crippen LogP contribution in [0.15, 0.2) is 18.2 Å². The summed E-state index contributed by atoms with van der Waals surface area (Å²) in [6.07, 6.45) is 3.07. The monoisotopic (exact) mass is 390 g/mol. The summed E-state index contributed by atoms with van der Waals surface area (Å²) in [5.74, 6) is 0.884. The number of hydrogen-bond donors (Lipinski definition) is 1. The first-order valence-corrected chi connectivity index (χ1v) is 9.98. The number of esters is 1. The van der Waals surface area contributed by atoms with Gasteiger partial charge in [-0.3, -0.25) is 4.79 Å². The number of phenolic OH excluding ortho intramolecular Hbond substituents is 1. The molecule has 1 N–H and O–H groups in total. The topological polar surface area (TPSA) is 74.2 Å². The van der Waals surface area contributed by atoms with Crippen molar-refractivity contribution in [1.82, 2.24) is 0 Å². The van der Waals surface area contributed by atoms with E-state index >= 15 is 0 Å². The molecule has 0 aliphatic rings. The van der Waals surface area contributed by atoms with Crippen LogP contribution in [0.25, 0.3) is 10.8 Å². The van der Waals surface area contributed by atoms with Gasteiger partial charge in [-0.2, -0.15) is 0 Å². The van der Waals surface area contributed by atoms with Crippen molar-refractivity contribution in [2.75, 3.05) is 19.8 Å². The molecular formula is C22H30O6. The SMILES string of the molecule is CCCCCC(=O)Oc1c(OCC)c(OCC)c(O)c2cc(OCC)ccc12. The molecule has 0 atom stereocenters. The molecule has 154 valence electrons. The number of hydrogen-bond acceptors (Lipinski definition) is 6. The fourth-order valence-electron chi connectivity index (χ4n) is 2.97. The van der Waals surface area contributed by atoms with Crippen molar-refractivity contribution in [3.8, 4) is 28.7 Å². The average Bonchev–Trinajstić information content (AvgIpc) is 2.68.